The second-order valence-corrected chi connectivity index (χ2v) is 4.62. The van der Waals surface area contributed by atoms with Crippen molar-refractivity contribution < 1.29 is 4.79 Å². The van der Waals surface area contributed by atoms with Crippen LogP contribution in [0.3, 0.4) is 0 Å². The Labute approximate surface area is 111 Å². The number of carbonyl (C=O) groups excluding carboxylic acids is 1. The van der Waals surface area contributed by atoms with Gasteiger partial charge in [0.25, 0.3) is 0 Å². The molecule has 2 aromatic rings. The molecule has 3 rings (SSSR count). The number of nitrogens with zero attached hydrogens (tertiary/aromatic N) is 2. The van der Waals surface area contributed by atoms with Gasteiger partial charge in [-0.25, -0.2) is 4.79 Å². The van der Waals surface area contributed by atoms with Crippen molar-refractivity contribution in [2.45, 2.75) is 13.0 Å². The molecule has 2 heterocycles. The van der Waals surface area contributed by atoms with Crippen molar-refractivity contribution in [1.29, 1.82) is 0 Å². The first-order valence-electron chi connectivity index (χ1n) is 6.38. The molecule has 1 aromatic heterocycles. The number of amides is 2. The Morgan fingerprint density at radius 3 is 2.89 bits per heavy atom. The molecule has 2 N–H and O–H groups in total. The van der Waals surface area contributed by atoms with Crippen LogP contribution in [-0.2, 0) is 13.0 Å². The van der Waals surface area contributed by atoms with Crippen LogP contribution in [0.25, 0.3) is 11.3 Å². The van der Waals surface area contributed by atoms with Crippen LogP contribution in [0.15, 0.2) is 30.3 Å². The number of nitrogens with one attached hydrogen (secondary N) is 2. The summed E-state index contributed by atoms with van der Waals surface area (Å²) in [7, 11) is 1.66. The van der Waals surface area contributed by atoms with Crippen LogP contribution < -0.4 is 5.32 Å². The van der Waals surface area contributed by atoms with Gasteiger partial charge in [0, 0.05) is 36.8 Å². The molecule has 0 fully saturated rings. The zero-order valence-electron chi connectivity index (χ0n) is 10.8. The van der Waals surface area contributed by atoms with Crippen molar-refractivity contribution in [2.24, 2.45) is 0 Å². The maximum absolute atomic E-state index is 11.7. The maximum atomic E-state index is 11.7. The smallest absolute Gasteiger partial charge is 0.317 e. The Bertz CT molecular complexity index is 591. The predicted molar refractivity (Wildman–Crippen MR) is 72.6 cm³/mol. The SMILES string of the molecule is CNC(=O)N1CCc2[nH]nc(-c3ccccc3)c2C1. The number of H-pyrrole nitrogens is 1. The van der Waals surface area contributed by atoms with Crippen molar-refractivity contribution in [3.05, 3.63) is 41.6 Å². The second-order valence-electron chi connectivity index (χ2n) is 4.62. The molecule has 0 bridgehead atoms. The number of benzene rings is 1. The first-order valence-corrected chi connectivity index (χ1v) is 6.38. The number of hydrogen-bond acceptors (Lipinski definition) is 2. The van der Waals surface area contributed by atoms with Crippen LogP contribution in [0, 0.1) is 0 Å². The van der Waals surface area contributed by atoms with Crippen molar-refractivity contribution in [2.75, 3.05) is 13.6 Å². The number of rotatable bonds is 1. The minimum atomic E-state index is -0.0362. The van der Waals surface area contributed by atoms with E-state index in [2.05, 4.69) is 15.5 Å². The molecule has 1 aliphatic heterocycles. The van der Waals surface area contributed by atoms with Crippen LogP contribution in [0.1, 0.15) is 11.3 Å². The van der Waals surface area contributed by atoms with E-state index in [9.17, 15) is 4.79 Å². The fourth-order valence-electron chi connectivity index (χ4n) is 2.46. The summed E-state index contributed by atoms with van der Waals surface area (Å²) in [5, 5.41) is 10.2. The van der Waals surface area contributed by atoms with Crippen molar-refractivity contribution in [1.82, 2.24) is 20.4 Å². The number of aromatic amines is 1. The topological polar surface area (TPSA) is 61.0 Å². The van der Waals surface area contributed by atoms with E-state index in [1.807, 2.05) is 35.2 Å². The molecular formula is C14H16N4O. The van der Waals surface area contributed by atoms with Crippen LogP contribution in [0.5, 0.6) is 0 Å². The molecule has 0 saturated heterocycles. The Morgan fingerprint density at radius 2 is 2.16 bits per heavy atom. The highest BCUT2D eigenvalue weighted by Gasteiger charge is 2.24. The lowest BCUT2D eigenvalue weighted by Crippen LogP contribution is -2.41. The Morgan fingerprint density at radius 1 is 1.37 bits per heavy atom. The molecule has 0 spiro atoms. The zero-order chi connectivity index (χ0) is 13.2. The van der Waals surface area contributed by atoms with Crippen LogP contribution in [-0.4, -0.2) is 34.7 Å². The number of carbonyl (C=O) groups is 1. The van der Waals surface area contributed by atoms with E-state index >= 15 is 0 Å². The highest BCUT2D eigenvalue weighted by atomic mass is 16.2. The molecule has 0 aliphatic carbocycles. The molecule has 0 atom stereocenters. The minimum Gasteiger partial charge on any atom is -0.341 e. The quantitative estimate of drug-likeness (QED) is 0.817. The molecule has 0 saturated carbocycles. The molecule has 2 amide bonds. The monoisotopic (exact) mass is 256 g/mol. The van der Waals surface area contributed by atoms with Crippen LogP contribution in [0.2, 0.25) is 0 Å². The normalized spacial score (nSPS) is 14.1. The van der Waals surface area contributed by atoms with E-state index in [1.165, 1.54) is 0 Å². The van der Waals surface area contributed by atoms with Gasteiger partial charge in [0.2, 0.25) is 0 Å². The summed E-state index contributed by atoms with van der Waals surface area (Å²) < 4.78 is 0. The van der Waals surface area contributed by atoms with Gasteiger partial charge < -0.3 is 10.2 Å². The molecule has 1 aliphatic rings. The van der Waals surface area contributed by atoms with E-state index in [0.29, 0.717) is 6.54 Å². The van der Waals surface area contributed by atoms with Gasteiger partial charge in [0.15, 0.2) is 0 Å². The van der Waals surface area contributed by atoms with Crippen molar-refractivity contribution in [3.63, 3.8) is 0 Å². The summed E-state index contributed by atoms with van der Waals surface area (Å²) in [6, 6.07) is 10.0. The summed E-state index contributed by atoms with van der Waals surface area (Å²) >= 11 is 0. The molecule has 19 heavy (non-hydrogen) atoms. The summed E-state index contributed by atoms with van der Waals surface area (Å²) in [6.07, 6.45) is 0.822. The third-order valence-electron chi connectivity index (χ3n) is 3.48. The highest BCUT2D eigenvalue weighted by molar-refractivity contribution is 5.75. The van der Waals surface area contributed by atoms with Gasteiger partial charge in [-0.2, -0.15) is 5.10 Å². The molecule has 0 radical (unpaired) electrons. The number of hydrogen-bond donors (Lipinski definition) is 2. The fraction of sp³-hybridized carbons (Fsp3) is 0.286. The average molecular weight is 256 g/mol. The lowest BCUT2D eigenvalue weighted by atomic mass is 10.0. The first-order chi connectivity index (χ1) is 9.29. The Kier molecular flexibility index (Phi) is 2.95. The summed E-state index contributed by atoms with van der Waals surface area (Å²) in [5.41, 5.74) is 4.29. The molecule has 5 nitrogen and oxygen atoms in total. The van der Waals surface area contributed by atoms with Gasteiger partial charge in [0.1, 0.15) is 0 Å². The third-order valence-corrected chi connectivity index (χ3v) is 3.48. The summed E-state index contributed by atoms with van der Waals surface area (Å²) in [4.78, 5) is 13.5. The van der Waals surface area contributed by atoms with Crippen molar-refractivity contribution >= 4 is 6.03 Å². The molecule has 5 heteroatoms. The average Bonchev–Trinajstić information content (AvgIpc) is 2.90. The standard InChI is InChI=1S/C14H16N4O/c1-15-14(19)18-8-7-12-11(9-18)13(17-16-12)10-5-3-2-4-6-10/h2-6H,7-9H2,1H3,(H,15,19)(H,16,17). The van der Waals surface area contributed by atoms with E-state index in [1.54, 1.807) is 7.05 Å². The molecule has 1 aromatic carbocycles. The molecule has 0 unspecified atom stereocenters. The summed E-state index contributed by atoms with van der Waals surface area (Å²) in [6.45, 7) is 1.33. The number of urea groups is 1. The van der Waals surface area contributed by atoms with E-state index in [-0.39, 0.29) is 6.03 Å². The maximum Gasteiger partial charge on any atom is 0.317 e. The third kappa shape index (κ3) is 2.07. The largest absolute Gasteiger partial charge is 0.341 e. The van der Waals surface area contributed by atoms with Gasteiger partial charge in [0.05, 0.1) is 12.2 Å². The van der Waals surface area contributed by atoms with Gasteiger partial charge in [-0.15, -0.1) is 0 Å². The second kappa shape index (κ2) is 4.76. The van der Waals surface area contributed by atoms with E-state index in [4.69, 9.17) is 0 Å². The number of fused-ring (bicyclic) bond motifs is 1. The van der Waals surface area contributed by atoms with Crippen molar-refractivity contribution in [3.8, 4) is 11.3 Å². The highest BCUT2D eigenvalue weighted by Crippen LogP contribution is 2.27. The van der Waals surface area contributed by atoms with Gasteiger partial charge in [-0.3, -0.25) is 5.10 Å². The lowest BCUT2D eigenvalue weighted by molar-refractivity contribution is 0.194. The van der Waals surface area contributed by atoms with E-state index in [0.717, 1.165) is 35.5 Å². The van der Waals surface area contributed by atoms with Gasteiger partial charge in [-0.05, 0) is 0 Å². The minimum absolute atomic E-state index is 0.0362. The number of aromatic nitrogens is 2. The molecular weight excluding hydrogens is 240 g/mol. The van der Waals surface area contributed by atoms with Crippen LogP contribution >= 0.6 is 0 Å². The zero-order valence-corrected chi connectivity index (χ0v) is 10.8. The lowest BCUT2D eigenvalue weighted by Gasteiger charge is -2.26. The predicted octanol–water partition coefficient (Wildman–Crippen LogP) is 1.77. The Hall–Kier alpha value is -2.30. The fourth-order valence-corrected chi connectivity index (χ4v) is 2.46. The summed E-state index contributed by atoms with van der Waals surface area (Å²) in [5.74, 6) is 0. The van der Waals surface area contributed by atoms with E-state index < -0.39 is 0 Å². The van der Waals surface area contributed by atoms with Crippen LogP contribution in [0.4, 0.5) is 4.79 Å². The first kappa shape index (κ1) is 11.8. The Balaban J connectivity index is 1.95. The van der Waals surface area contributed by atoms with Gasteiger partial charge >= 0.3 is 6.03 Å². The van der Waals surface area contributed by atoms with Gasteiger partial charge in [-0.1, -0.05) is 30.3 Å². The molecule has 98 valence electrons.